The number of aliphatic carboxylic acids is 1. The molecule has 1 amide bonds. The monoisotopic (exact) mass is 392 g/mol. The Bertz CT molecular complexity index is 740. The Morgan fingerprint density at radius 1 is 1.33 bits per heavy atom. The third-order valence-electron chi connectivity index (χ3n) is 3.84. The van der Waals surface area contributed by atoms with E-state index >= 15 is 0 Å². The second-order valence-electron chi connectivity index (χ2n) is 5.88. The number of hydrogen-bond donors (Lipinski definition) is 2. The topological polar surface area (TPSA) is 97.1 Å². The summed E-state index contributed by atoms with van der Waals surface area (Å²) < 4.78 is 2.38. The maximum absolute atomic E-state index is 12.2. The van der Waals surface area contributed by atoms with E-state index in [0.29, 0.717) is 5.92 Å². The smallest absolute Gasteiger partial charge is 0.305 e. The molecule has 24 heavy (non-hydrogen) atoms. The SMILES string of the molecule is O=C(O)C[C@@H](NC(=O)Cn1cc(C2CC2)nn1)c1ccc(Br)cc1. The summed E-state index contributed by atoms with van der Waals surface area (Å²) in [5.74, 6) is -0.791. The number of nitrogens with zero attached hydrogens (tertiary/aromatic N) is 3. The highest BCUT2D eigenvalue weighted by Crippen LogP contribution is 2.38. The lowest BCUT2D eigenvalue weighted by atomic mass is 10.0. The molecule has 8 heteroatoms. The fourth-order valence-electron chi connectivity index (χ4n) is 2.47. The number of nitrogens with one attached hydrogen (secondary N) is 1. The lowest BCUT2D eigenvalue weighted by Gasteiger charge is -2.17. The highest BCUT2D eigenvalue weighted by Gasteiger charge is 2.27. The molecule has 1 aliphatic rings. The van der Waals surface area contributed by atoms with Crippen LogP contribution in [0.2, 0.25) is 0 Å². The third-order valence-corrected chi connectivity index (χ3v) is 4.37. The van der Waals surface area contributed by atoms with Crippen molar-refractivity contribution in [3.63, 3.8) is 0 Å². The number of carboxylic acid groups (broad SMARTS) is 1. The Balaban J connectivity index is 1.65. The molecule has 1 fully saturated rings. The first kappa shape index (κ1) is 16.6. The van der Waals surface area contributed by atoms with Crippen molar-refractivity contribution in [3.05, 3.63) is 46.2 Å². The quantitative estimate of drug-likeness (QED) is 0.752. The van der Waals surface area contributed by atoms with Crippen LogP contribution in [0.15, 0.2) is 34.9 Å². The van der Waals surface area contributed by atoms with E-state index in [0.717, 1.165) is 28.6 Å². The van der Waals surface area contributed by atoms with Crippen LogP contribution in [-0.2, 0) is 16.1 Å². The largest absolute Gasteiger partial charge is 0.481 e. The van der Waals surface area contributed by atoms with Crippen LogP contribution in [-0.4, -0.2) is 32.0 Å². The van der Waals surface area contributed by atoms with E-state index in [4.69, 9.17) is 5.11 Å². The summed E-state index contributed by atoms with van der Waals surface area (Å²) in [4.78, 5) is 23.3. The summed E-state index contributed by atoms with van der Waals surface area (Å²) in [5, 5.41) is 19.9. The van der Waals surface area contributed by atoms with E-state index < -0.39 is 12.0 Å². The van der Waals surface area contributed by atoms with Gasteiger partial charge in [-0.1, -0.05) is 33.3 Å². The first-order chi connectivity index (χ1) is 11.5. The summed E-state index contributed by atoms with van der Waals surface area (Å²) in [6.07, 6.45) is 3.84. The van der Waals surface area contributed by atoms with Gasteiger partial charge in [-0.3, -0.25) is 9.59 Å². The molecule has 0 aliphatic heterocycles. The van der Waals surface area contributed by atoms with E-state index in [1.807, 2.05) is 12.1 Å². The maximum Gasteiger partial charge on any atom is 0.305 e. The highest BCUT2D eigenvalue weighted by atomic mass is 79.9. The molecule has 1 saturated carbocycles. The number of benzene rings is 1. The molecule has 3 rings (SSSR count). The second-order valence-corrected chi connectivity index (χ2v) is 6.80. The number of amides is 1. The Morgan fingerprint density at radius 2 is 2.04 bits per heavy atom. The standard InChI is InChI=1S/C16H17BrN4O3/c17-12-5-3-10(4-6-12)13(7-16(23)24)18-15(22)9-21-8-14(19-20-21)11-1-2-11/h3-6,8,11,13H,1-2,7,9H2,(H,18,22)(H,23,24)/t13-/m1/s1. The zero-order chi connectivity index (χ0) is 17.1. The van der Waals surface area contributed by atoms with Gasteiger partial charge in [0.05, 0.1) is 18.2 Å². The van der Waals surface area contributed by atoms with Crippen LogP contribution in [0.5, 0.6) is 0 Å². The molecular weight excluding hydrogens is 376 g/mol. The van der Waals surface area contributed by atoms with E-state index in [-0.39, 0.29) is 18.9 Å². The summed E-state index contributed by atoms with van der Waals surface area (Å²) in [7, 11) is 0. The van der Waals surface area contributed by atoms with Crippen molar-refractivity contribution in [2.75, 3.05) is 0 Å². The minimum Gasteiger partial charge on any atom is -0.481 e. The van der Waals surface area contributed by atoms with Gasteiger partial charge in [0.25, 0.3) is 0 Å². The molecule has 0 saturated heterocycles. The van der Waals surface area contributed by atoms with Crippen molar-refractivity contribution in [3.8, 4) is 0 Å². The molecule has 126 valence electrons. The average Bonchev–Trinajstić information content (AvgIpc) is 3.27. The molecular formula is C16H17BrN4O3. The number of rotatable bonds is 7. The van der Waals surface area contributed by atoms with Crippen LogP contribution in [0.4, 0.5) is 0 Å². The van der Waals surface area contributed by atoms with Crippen molar-refractivity contribution in [2.24, 2.45) is 0 Å². The van der Waals surface area contributed by atoms with E-state index in [1.54, 1.807) is 18.3 Å². The van der Waals surface area contributed by atoms with Crippen LogP contribution in [0.25, 0.3) is 0 Å². The van der Waals surface area contributed by atoms with Gasteiger partial charge in [0.15, 0.2) is 0 Å². The molecule has 0 spiro atoms. The Hall–Kier alpha value is -2.22. The lowest BCUT2D eigenvalue weighted by molar-refractivity contribution is -0.137. The van der Waals surface area contributed by atoms with Crippen molar-refractivity contribution < 1.29 is 14.7 Å². The van der Waals surface area contributed by atoms with Crippen molar-refractivity contribution >= 4 is 27.8 Å². The van der Waals surface area contributed by atoms with Crippen LogP contribution in [0, 0.1) is 0 Å². The van der Waals surface area contributed by atoms with Gasteiger partial charge in [0.1, 0.15) is 6.54 Å². The van der Waals surface area contributed by atoms with Crippen LogP contribution < -0.4 is 5.32 Å². The molecule has 0 unspecified atom stereocenters. The molecule has 2 aromatic rings. The summed E-state index contributed by atoms with van der Waals surface area (Å²) in [6.45, 7) is 0.0202. The zero-order valence-corrected chi connectivity index (χ0v) is 14.4. The molecule has 1 aromatic carbocycles. The number of hydrogen-bond acceptors (Lipinski definition) is 4. The molecule has 0 bridgehead atoms. The molecule has 1 heterocycles. The minimum atomic E-state index is -0.972. The lowest BCUT2D eigenvalue weighted by Crippen LogP contribution is -2.33. The summed E-state index contributed by atoms with van der Waals surface area (Å²) in [6, 6.07) is 6.62. The molecule has 1 aliphatic carbocycles. The van der Waals surface area contributed by atoms with Gasteiger partial charge in [-0.2, -0.15) is 0 Å². The number of aromatic nitrogens is 3. The van der Waals surface area contributed by atoms with Gasteiger partial charge in [-0.15, -0.1) is 5.10 Å². The van der Waals surface area contributed by atoms with Crippen LogP contribution in [0.1, 0.15) is 42.5 Å². The molecule has 7 nitrogen and oxygen atoms in total. The summed E-state index contributed by atoms with van der Waals surface area (Å²) in [5.41, 5.74) is 1.66. The van der Waals surface area contributed by atoms with Crippen molar-refractivity contribution in [2.45, 2.75) is 37.8 Å². The predicted octanol–water partition coefficient (Wildman–Crippen LogP) is 2.25. The minimum absolute atomic E-state index is 0.0202. The predicted molar refractivity (Wildman–Crippen MR) is 89.3 cm³/mol. The number of halogens is 1. The molecule has 1 atom stereocenters. The summed E-state index contributed by atoms with van der Waals surface area (Å²) >= 11 is 3.34. The highest BCUT2D eigenvalue weighted by molar-refractivity contribution is 9.10. The Morgan fingerprint density at radius 3 is 2.67 bits per heavy atom. The Labute approximate surface area is 147 Å². The van der Waals surface area contributed by atoms with Gasteiger partial charge < -0.3 is 10.4 Å². The van der Waals surface area contributed by atoms with Gasteiger partial charge >= 0.3 is 5.97 Å². The van der Waals surface area contributed by atoms with E-state index in [1.165, 1.54) is 4.68 Å². The van der Waals surface area contributed by atoms with Crippen molar-refractivity contribution in [1.82, 2.24) is 20.3 Å². The maximum atomic E-state index is 12.2. The van der Waals surface area contributed by atoms with Crippen LogP contribution in [0.3, 0.4) is 0 Å². The number of carbonyl (C=O) groups excluding carboxylic acids is 1. The number of carbonyl (C=O) groups is 2. The fourth-order valence-corrected chi connectivity index (χ4v) is 2.73. The van der Waals surface area contributed by atoms with E-state index in [9.17, 15) is 9.59 Å². The fraction of sp³-hybridized carbons (Fsp3) is 0.375. The molecule has 1 aromatic heterocycles. The average molecular weight is 393 g/mol. The van der Waals surface area contributed by atoms with Gasteiger partial charge in [-0.25, -0.2) is 4.68 Å². The van der Waals surface area contributed by atoms with Gasteiger partial charge in [0, 0.05) is 16.6 Å². The normalized spacial score (nSPS) is 15.0. The van der Waals surface area contributed by atoms with Crippen molar-refractivity contribution in [1.29, 1.82) is 0 Å². The number of carboxylic acids is 1. The second kappa shape index (κ2) is 7.12. The van der Waals surface area contributed by atoms with Gasteiger partial charge in [0.2, 0.25) is 5.91 Å². The first-order valence-corrected chi connectivity index (χ1v) is 8.47. The Kier molecular flexibility index (Phi) is 4.94. The molecule has 2 N–H and O–H groups in total. The zero-order valence-electron chi connectivity index (χ0n) is 12.9. The molecule has 0 radical (unpaired) electrons. The third kappa shape index (κ3) is 4.41. The first-order valence-electron chi connectivity index (χ1n) is 7.68. The van der Waals surface area contributed by atoms with Crippen LogP contribution >= 0.6 is 15.9 Å². The van der Waals surface area contributed by atoms with E-state index in [2.05, 4.69) is 31.6 Å². The van der Waals surface area contributed by atoms with Gasteiger partial charge in [-0.05, 0) is 30.5 Å².